The van der Waals surface area contributed by atoms with Gasteiger partial charge in [-0.15, -0.1) is 0 Å². The summed E-state index contributed by atoms with van der Waals surface area (Å²) in [5.41, 5.74) is 3.29. The number of nitrogens with zero attached hydrogens (tertiary/aromatic N) is 3. The number of rotatable bonds is 4. The predicted molar refractivity (Wildman–Crippen MR) is 116 cm³/mol. The minimum Gasteiger partial charge on any atom is -0.306 e. The third-order valence-electron chi connectivity index (χ3n) is 5.42. The topological polar surface area (TPSA) is 82.1 Å². The number of urea groups is 1. The molecule has 2 aliphatic rings. The number of carbonyl (C=O) groups excluding carboxylic acids is 3. The molecular formula is C23H24N4O3. The van der Waals surface area contributed by atoms with Crippen molar-refractivity contribution in [3.05, 3.63) is 59.2 Å². The van der Waals surface area contributed by atoms with Crippen LogP contribution in [0.1, 0.15) is 40.7 Å². The maximum absolute atomic E-state index is 12.5. The predicted octanol–water partition coefficient (Wildman–Crippen LogP) is 3.62. The molecule has 0 atom stereocenters. The quantitative estimate of drug-likeness (QED) is 0.623. The second-order valence-electron chi connectivity index (χ2n) is 7.71. The number of fused-ring (bicyclic) bond motifs is 1. The standard InChI is InChI=1S/C23H24N4O3/c1-16-5-7-17(8-6-16)14-24-23(30)25-18-9-10-20-19(13-18)21(28)22(29)27(20)15-26-11-3-2-4-12-26/h5-10,13-14H,2-4,11-12,15H2,1H3,(H,25,30). The maximum atomic E-state index is 12.5. The highest BCUT2D eigenvalue weighted by Gasteiger charge is 2.37. The Morgan fingerprint density at radius 2 is 1.80 bits per heavy atom. The van der Waals surface area contributed by atoms with Gasteiger partial charge >= 0.3 is 11.9 Å². The van der Waals surface area contributed by atoms with Crippen LogP contribution >= 0.6 is 0 Å². The molecule has 0 radical (unpaired) electrons. The highest BCUT2D eigenvalue weighted by Crippen LogP contribution is 2.31. The van der Waals surface area contributed by atoms with Gasteiger partial charge in [0.05, 0.1) is 17.9 Å². The monoisotopic (exact) mass is 404 g/mol. The zero-order valence-electron chi connectivity index (χ0n) is 16.9. The Morgan fingerprint density at radius 3 is 2.53 bits per heavy atom. The number of anilines is 2. The van der Waals surface area contributed by atoms with E-state index < -0.39 is 17.7 Å². The van der Waals surface area contributed by atoms with Gasteiger partial charge in [-0.3, -0.25) is 19.4 Å². The molecule has 2 aromatic carbocycles. The number of piperidine rings is 1. The molecule has 30 heavy (non-hydrogen) atoms. The molecule has 0 unspecified atom stereocenters. The summed E-state index contributed by atoms with van der Waals surface area (Å²) in [4.78, 5) is 44.7. The van der Waals surface area contributed by atoms with E-state index in [-0.39, 0.29) is 0 Å². The van der Waals surface area contributed by atoms with E-state index in [1.54, 1.807) is 18.2 Å². The maximum Gasteiger partial charge on any atom is 0.345 e. The van der Waals surface area contributed by atoms with Crippen LogP contribution in [0.4, 0.5) is 16.2 Å². The van der Waals surface area contributed by atoms with Crippen molar-refractivity contribution in [3.63, 3.8) is 0 Å². The number of Topliss-reactive ketones (excluding diaryl/α,β-unsaturated/α-hetero) is 1. The fourth-order valence-corrected chi connectivity index (χ4v) is 3.76. The van der Waals surface area contributed by atoms with Crippen LogP contribution in [0.15, 0.2) is 47.5 Å². The largest absolute Gasteiger partial charge is 0.345 e. The van der Waals surface area contributed by atoms with Crippen LogP contribution in [-0.4, -0.2) is 48.6 Å². The summed E-state index contributed by atoms with van der Waals surface area (Å²) in [5, 5.41) is 2.66. The summed E-state index contributed by atoms with van der Waals surface area (Å²) in [6.45, 7) is 4.27. The lowest BCUT2D eigenvalue weighted by molar-refractivity contribution is -0.114. The van der Waals surface area contributed by atoms with E-state index in [1.807, 2.05) is 31.2 Å². The third kappa shape index (κ3) is 4.31. The SMILES string of the molecule is Cc1ccc(C=NC(=O)Nc2ccc3c(c2)C(=O)C(=O)N3CN2CCCCC2)cc1. The van der Waals surface area contributed by atoms with Crippen LogP contribution in [-0.2, 0) is 4.79 Å². The van der Waals surface area contributed by atoms with Crippen LogP contribution in [0.3, 0.4) is 0 Å². The summed E-state index contributed by atoms with van der Waals surface area (Å²) in [6.07, 6.45) is 4.90. The van der Waals surface area contributed by atoms with Gasteiger partial charge in [-0.1, -0.05) is 36.2 Å². The molecule has 2 aliphatic heterocycles. The first-order valence-electron chi connectivity index (χ1n) is 10.2. The van der Waals surface area contributed by atoms with Crippen molar-refractivity contribution in [2.24, 2.45) is 4.99 Å². The van der Waals surface area contributed by atoms with Gasteiger partial charge in [0.15, 0.2) is 0 Å². The van der Waals surface area contributed by atoms with Crippen molar-refractivity contribution < 1.29 is 14.4 Å². The van der Waals surface area contributed by atoms with E-state index in [0.717, 1.165) is 37.1 Å². The number of ketones is 1. The lowest BCUT2D eigenvalue weighted by Crippen LogP contribution is -2.43. The molecule has 0 aliphatic carbocycles. The van der Waals surface area contributed by atoms with Gasteiger partial charge in [0.2, 0.25) is 0 Å². The van der Waals surface area contributed by atoms with Gasteiger partial charge in [-0.05, 0) is 56.6 Å². The number of likely N-dealkylation sites (tertiary alicyclic amines) is 1. The second kappa shape index (κ2) is 8.59. The van der Waals surface area contributed by atoms with Crippen LogP contribution in [0.25, 0.3) is 0 Å². The lowest BCUT2D eigenvalue weighted by Gasteiger charge is -2.30. The number of benzene rings is 2. The molecule has 0 saturated carbocycles. The second-order valence-corrected chi connectivity index (χ2v) is 7.71. The van der Waals surface area contributed by atoms with E-state index in [9.17, 15) is 14.4 Å². The van der Waals surface area contributed by atoms with Crippen LogP contribution < -0.4 is 10.2 Å². The highest BCUT2D eigenvalue weighted by atomic mass is 16.2. The van der Waals surface area contributed by atoms with Crippen molar-refractivity contribution in [1.29, 1.82) is 0 Å². The van der Waals surface area contributed by atoms with E-state index in [4.69, 9.17) is 0 Å². The first-order valence-corrected chi connectivity index (χ1v) is 10.2. The minimum atomic E-state index is -0.544. The normalized spacial score (nSPS) is 16.9. The van der Waals surface area contributed by atoms with E-state index in [0.29, 0.717) is 23.6 Å². The number of aryl methyl sites for hydroxylation is 1. The first-order chi connectivity index (χ1) is 14.5. The summed E-state index contributed by atoms with van der Waals surface area (Å²) in [5.74, 6) is -1.06. The van der Waals surface area contributed by atoms with Gasteiger partial charge in [0.1, 0.15) is 0 Å². The number of hydrogen-bond acceptors (Lipinski definition) is 4. The van der Waals surface area contributed by atoms with E-state index in [1.165, 1.54) is 17.5 Å². The fraction of sp³-hybridized carbons (Fsp3) is 0.304. The fourth-order valence-electron chi connectivity index (χ4n) is 3.76. The van der Waals surface area contributed by atoms with Crippen molar-refractivity contribution in [2.45, 2.75) is 26.2 Å². The number of amides is 3. The highest BCUT2D eigenvalue weighted by molar-refractivity contribution is 6.52. The molecule has 0 spiro atoms. The van der Waals surface area contributed by atoms with Gasteiger partial charge in [0, 0.05) is 11.9 Å². The Bertz CT molecular complexity index is 1010. The molecule has 3 amide bonds. The number of nitrogens with one attached hydrogen (secondary N) is 1. The average Bonchev–Trinajstić information content (AvgIpc) is 2.99. The molecular weight excluding hydrogens is 380 g/mol. The zero-order valence-corrected chi connectivity index (χ0v) is 16.9. The van der Waals surface area contributed by atoms with Crippen LogP contribution in [0.5, 0.6) is 0 Å². The molecule has 7 nitrogen and oxygen atoms in total. The Labute approximate surface area is 175 Å². The summed E-state index contributed by atoms with van der Waals surface area (Å²) in [7, 11) is 0. The Hall–Kier alpha value is -3.32. The van der Waals surface area contributed by atoms with Crippen molar-refractivity contribution in [1.82, 2.24) is 4.90 Å². The smallest absolute Gasteiger partial charge is 0.306 e. The van der Waals surface area contributed by atoms with Gasteiger partial charge in [0.25, 0.3) is 5.78 Å². The van der Waals surface area contributed by atoms with Gasteiger partial charge < -0.3 is 5.32 Å². The van der Waals surface area contributed by atoms with Crippen molar-refractivity contribution in [3.8, 4) is 0 Å². The van der Waals surface area contributed by atoms with Crippen molar-refractivity contribution in [2.75, 3.05) is 30.0 Å². The molecule has 154 valence electrons. The van der Waals surface area contributed by atoms with Gasteiger partial charge in [-0.25, -0.2) is 9.79 Å². The molecule has 1 saturated heterocycles. The molecule has 7 heteroatoms. The van der Waals surface area contributed by atoms with Crippen molar-refractivity contribution >= 4 is 35.3 Å². The summed E-state index contributed by atoms with van der Waals surface area (Å²) in [6, 6.07) is 12.0. The summed E-state index contributed by atoms with van der Waals surface area (Å²) < 4.78 is 0. The molecule has 4 rings (SSSR count). The molecule has 0 bridgehead atoms. The Balaban J connectivity index is 1.45. The number of aliphatic imine (C=N–C) groups is 1. The average molecular weight is 404 g/mol. The number of carbonyl (C=O) groups is 3. The van der Waals surface area contributed by atoms with E-state index >= 15 is 0 Å². The minimum absolute atomic E-state index is 0.317. The summed E-state index contributed by atoms with van der Waals surface area (Å²) >= 11 is 0. The van der Waals surface area contributed by atoms with E-state index in [2.05, 4.69) is 15.2 Å². The molecule has 2 aromatic rings. The van der Waals surface area contributed by atoms with Crippen LogP contribution in [0.2, 0.25) is 0 Å². The van der Waals surface area contributed by atoms with Crippen LogP contribution in [0, 0.1) is 6.92 Å². The Kier molecular flexibility index (Phi) is 5.72. The third-order valence-corrected chi connectivity index (χ3v) is 5.42. The first kappa shape index (κ1) is 20.0. The Morgan fingerprint density at radius 1 is 1.07 bits per heavy atom. The molecule has 0 aromatic heterocycles. The number of hydrogen-bond donors (Lipinski definition) is 1. The molecule has 1 N–H and O–H groups in total. The van der Waals surface area contributed by atoms with Gasteiger partial charge in [-0.2, -0.15) is 0 Å². The molecule has 2 heterocycles. The zero-order chi connectivity index (χ0) is 21.1. The molecule has 1 fully saturated rings. The lowest BCUT2D eigenvalue weighted by atomic mass is 10.1.